The Morgan fingerprint density at radius 1 is 1.30 bits per heavy atom. The molecule has 0 aliphatic rings. The molecule has 0 unspecified atom stereocenters. The van der Waals surface area contributed by atoms with Crippen LogP contribution in [0.2, 0.25) is 5.15 Å². The van der Waals surface area contributed by atoms with E-state index in [4.69, 9.17) is 16.3 Å². The lowest BCUT2D eigenvalue weighted by molar-refractivity contribution is 0.432. The Bertz CT molecular complexity index is 774. The predicted molar refractivity (Wildman–Crippen MR) is 78.8 cm³/mol. The van der Waals surface area contributed by atoms with E-state index in [9.17, 15) is 0 Å². The minimum absolute atomic E-state index is 0.363. The molecular formula is C13H11ClN4OS. The topological polar surface area (TPSA) is 52.3 Å². The number of para-hydroxylation sites is 1. The van der Waals surface area contributed by atoms with Crippen LogP contribution in [0.4, 0.5) is 0 Å². The van der Waals surface area contributed by atoms with Crippen LogP contribution >= 0.6 is 23.4 Å². The summed E-state index contributed by atoms with van der Waals surface area (Å²) >= 11 is 7.73. The highest BCUT2D eigenvalue weighted by Crippen LogP contribution is 2.34. The minimum atomic E-state index is 0.363. The molecule has 5 nitrogen and oxygen atoms in total. The van der Waals surface area contributed by atoms with E-state index in [0.29, 0.717) is 16.8 Å². The summed E-state index contributed by atoms with van der Waals surface area (Å²) in [5.74, 6) is 1.69. The first kappa shape index (κ1) is 13.2. The third kappa shape index (κ3) is 2.21. The summed E-state index contributed by atoms with van der Waals surface area (Å²) in [5, 5.41) is 4.49. The van der Waals surface area contributed by atoms with Crippen LogP contribution in [0.25, 0.3) is 5.78 Å². The summed E-state index contributed by atoms with van der Waals surface area (Å²) in [6.45, 7) is 1.84. The van der Waals surface area contributed by atoms with Gasteiger partial charge in [-0.05, 0) is 25.3 Å². The molecule has 0 radical (unpaired) electrons. The van der Waals surface area contributed by atoms with Crippen LogP contribution in [0, 0.1) is 6.92 Å². The Balaban J connectivity index is 2.15. The summed E-state index contributed by atoms with van der Waals surface area (Å²) in [5.41, 5.74) is 0.723. The van der Waals surface area contributed by atoms with Crippen LogP contribution in [0.3, 0.4) is 0 Å². The fourth-order valence-electron chi connectivity index (χ4n) is 1.80. The van der Waals surface area contributed by atoms with E-state index in [2.05, 4.69) is 15.1 Å². The van der Waals surface area contributed by atoms with Crippen molar-refractivity contribution in [3.63, 3.8) is 0 Å². The molecule has 0 saturated heterocycles. The van der Waals surface area contributed by atoms with Gasteiger partial charge >= 0.3 is 0 Å². The van der Waals surface area contributed by atoms with Gasteiger partial charge in [0.05, 0.1) is 0 Å². The number of rotatable bonds is 3. The van der Waals surface area contributed by atoms with Crippen LogP contribution in [0.1, 0.15) is 5.56 Å². The van der Waals surface area contributed by atoms with Crippen molar-refractivity contribution in [2.45, 2.75) is 11.8 Å². The van der Waals surface area contributed by atoms with Gasteiger partial charge in [-0.15, -0.1) is 11.8 Å². The van der Waals surface area contributed by atoms with Crippen molar-refractivity contribution in [1.82, 2.24) is 19.6 Å². The van der Waals surface area contributed by atoms with Crippen molar-refractivity contribution in [2.24, 2.45) is 0 Å². The van der Waals surface area contributed by atoms with Gasteiger partial charge in [-0.1, -0.05) is 23.7 Å². The van der Waals surface area contributed by atoms with Crippen LogP contribution in [-0.2, 0) is 0 Å². The summed E-state index contributed by atoms with van der Waals surface area (Å²) in [4.78, 5) is 9.22. The highest BCUT2D eigenvalue weighted by atomic mass is 35.5. The zero-order chi connectivity index (χ0) is 14.1. The second kappa shape index (κ2) is 5.30. The Morgan fingerprint density at radius 2 is 2.10 bits per heavy atom. The minimum Gasteiger partial charge on any atom is -0.437 e. The molecule has 0 atom stereocenters. The fourth-order valence-corrected chi connectivity index (χ4v) is 2.48. The first-order chi connectivity index (χ1) is 9.70. The Morgan fingerprint density at radius 3 is 2.90 bits per heavy atom. The number of aromatic nitrogens is 4. The molecule has 0 bridgehead atoms. The predicted octanol–water partition coefficient (Wildman–Crippen LogP) is 3.60. The van der Waals surface area contributed by atoms with Gasteiger partial charge in [-0.25, -0.2) is 0 Å². The van der Waals surface area contributed by atoms with Gasteiger partial charge in [-0.2, -0.15) is 19.6 Å². The largest absolute Gasteiger partial charge is 0.437 e. The Hall–Kier alpha value is -1.79. The molecule has 0 spiro atoms. The molecule has 102 valence electrons. The fraction of sp³-hybridized carbons (Fsp3) is 0.154. The molecule has 0 saturated carbocycles. The molecule has 0 aliphatic carbocycles. The quantitative estimate of drug-likeness (QED) is 0.546. The number of halogens is 1. The number of fused-ring (bicyclic) bond motifs is 1. The number of benzene rings is 1. The van der Waals surface area contributed by atoms with Crippen molar-refractivity contribution in [3.8, 4) is 11.6 Å². The SMILES string of the molecule is CSc1ccccc1Oc1c(C)c(Cl)nc2ncnn12. The average Bonchev–Trinajstić information content (AvgIpc) is 2.92. The van der Waals surface area contributed by atoms with Gasteiger partial charge in [0, 0.05) is 10.5 Å². The molecule has 3 aromatic rings. The van der Waals surface area contributed by atoms with E-state index in [1.807, 2.05) is 37.4 Å². The van der Waals surface area contributed by atoms with E-state index in [1.54, 1.807) is 16.3 Å². The van der Waals surface area contributed by atoms with Gasteiger partial charge in [0.1, 0.15) is 17.2 Å². The second-order valence-corrected chi connectivity index (χ2v) is 5.26. The van der Waals surface area contributed by atoms with Gasteiger partial charge < -0.3 is 4.74 Å². The molecule has 2 aromatic heterocycles. The van der Waals surface area contributed by atoms with Crippen LogP contribution in [-0.4, -0.2) is 25.8 Å². The first-order valence-electron chi connectivity index (χ1n) is 5.87. The normalized spacial score (nSPS) is 10.9. The molecule has 1 aromatic carbocycles. The van der Waals surface area contributed by atoms with E-state index >= 15 is 0 Å². The van der Waals surface area contributed by atoms with Gasteiger partial charge in [0.2, 0.25) is 5.88 Å². The third-order valence-corrected chi connectivity index (χ3v) is 3.97. The second-order valence-electron chi connectivity index (χ2n) is 4.06. The van der Waals surface area contributed by atoms with E-state index < -0.39 is 0 Å². The van der Waals surface area contributed by atoms with Gasteiger partial charge in [0.25, 0.3) is 5.78 Å². The molecule has 2 heterocycles. The summed E-state index contributed by atoms with van der Waals surface area (Å²) < 4.78 is 7.54. The van der Waals surface area contributed by atoms with Crippen molar-refractivity contribution < 1.29 is 4.74 Å². The Kier molecular flexibility index (Phi) is 3.50. The lowest BCUT2D eigenvalue weighted by Crippen LogP contribution is -2.02. The summed E-state index contributed by atoms with van der Waals surface area (Å²) in [6.07, 6.45) is 3.42. The number of nitrogens with zero attached hydrogens (tertiary/aromatic N) is 4. The number of hydrogen-bond donors (Lipinski definition) is 0. The van der Waals surface area contributed by atoms with E-state index in [0.717, 1.165) is 16.2 Å². The molecule has 0 fully saturated rings. The third-order valence-electron chi connectivity index (χ3n) is 2.83. The van der Waals surface area contributed by atoms with Crippen LogP contribution in [0.15, 0.2) is 35.5 Å². The Labute approximate surface area is 125 Å². The lowest BCUT2D eigenvalue weighted by atomic mass is 10.3. The number of hydrogen-bond acceptors (Lipinski definition) is 5. The molecule has 7 heteroatoms. The lowest BCUT2D eigenvalue weighted by Gasteiger charge is -2.12. The summed E-state index contributed by atoms with van der Waals surface area (Å²) in [7, 11) is 0. The molecule has 3 rings (SSSR count). The zero-order valence-corrected chi connectivity index (χ0v) is 12.4. The standard InChI is InChI=1S/C13H11ClN4OS/c1-8-11(14)17-13-15-7-16-18(13)12(8)19-9-5-3-4-6-10(9)20-2/h3-7H,1-2H3. The van der Waals surface area contributed by atoms with Crippen molar-refractivity contribution in [1.29, 1.82) is 0 Å². The highest BCUT2D eigenvalue weighted by molar-refractivity contribution is 7.98. The van der Waals surface area contributed by atoms with Crippen molar-refractivity contribution in [2.75, 3.05) is 6.26 Å². The van der Waals surface area contributed by atoms with Crippen molar-refractivity contribution >= 4 is 29.1 Å². The van der Waals surface area contributed by atoms with E-state index in [-0.39, 0.29) is 0 Å². The summed E-state index contributed by atoms with van der Waals surface area (Å²) in [6, 6.07) is 7.79. The maximum atomic E-state index is 6.11. The maximum absolute atomic E-state index is 6.11. The van der Waals surface area contributed by atoms with Crippen LogP contribution in [0.5, 0.6) is 11.6 Å². The molecule has 20 heavy (non-hydrogen) atoms. The average molecular weight is 307 g/mol. The molecular weight excluding hydrogens is 296 g/mol. The number of thioether (sulfide) groups is 1. The molecule has 0 N–H and O–H groups in total. The van der Waals surface area contributed by atoms with Gasteiger partial charge in [0.15, 0.2) is 0 Å². The van der Waals surface area contributed by atoms with Gasteiger partial charge in [-0.3, -0.25) is 0 Å². The maximum Gasteiger partial charge on any atom is 0.256 e. The zero-order valence-electron chi connectivity index (χ0n) is 10.9. The van der Waals surface area contributed by atoms with Crippen LogP contribution < -0.4 is 4.74 Å². The number of ether oxygens (including phenoxy) is 1. The van der Waals surface area contributed by atoms with E-state index in [1.165, 1.54) is 6.33 Å². The van der Waals surface area contributed by atoms with Crippen molar-refractivity contribution in [3.05, 3.63) is 41.3 Å². The smallest absolute Gasteiger partial charge is 0.256 e. The molecule has 0 aliphatic heterocycles. The monoisotopic (exact) mass is 306 g/mol. The highest BCUT2D eigenvalue weighted by Gasteiger charge is 2.15. The first-order valence-corrected chi connectivity index (χ1v) is 7.47. The molecule has 0 amide bonds.